The lowest BCUT2D eigenvalue weighted by Gasteiger charge is -2.29. The van der Waals surface area contributed by atoms with E-state index in [9.17, 15) is 15.3 Å². The third kappa shape index (κ3) is 2.00. The molecule has 9 nitrogen and oxygen atoms in total. The van der Waals surface area contributed by atoms with Crippen LogP contribution in [0.15, 0.2) is 12.7 Å². The van der Waals surface area contributed by atoms with Gasteiger partial charge in [0, 0.05) is 0 Å². The van der Waals surface area contributed by atoms with Gasteiger partial charge in [-0.1, -0.05) is 5.92 Å². The van der Waals surface area contributed by atoms with Gasteiger partial charge < -0.3 is 25.8 Å². The van der Waals surface area contributed by atoms with Crippen LogP contribution in [-0.2, 0) is 4.74 Å². The first-order chi connectivity index (χ1) is 10.9. The van der Waals surface area contributed by atoms with E-state index >= 15 is 0 Å². The van der Waals surface area contributed by atoms with E-state index in [2.05, 4.69) is 20.9 Å². The molecule has 1 aliphatic heterocycles. The van der Waals surface area contributed by atoms with E-state index < -0.39 is 30.1 Å². The van der Waals surface area contributed by atoms with E-state index in [0.717, 1.165) is 0 Å². The van der Waals surface area contributed by atoms with Crippen LogP contribution < -0.4 is 5.73 Å². The normalized spacial score (nSPS) is 33.9. The fourth-order valence-corrected chi connectivity index (χ4v) is 2.94. The molecule has 0 aliphatic carbocycles. The third-order valence-electron chi connectivity index (χ3n) is 4.00. The number of halogens is 1. The van der Waals surface area contributed by atoms with E-state index in [0.29, 0.717) is 0 Å². The highest BCUT2D eigenvalue weighted by atomic mass is 35.5. The van der Waals surface area contributed by atoms with E-state index in [4.69, 9.17) is 28.5 Å². The number of imidazole rings is 1. The number of hydrogen-bond acceptors (Lipinski definition) is 8. The molecule has 1 aliphatic rings. The topological polar surface area (TPSA) is 140 Å². The van der Waals surface area contributed by atoms with Crippen LogP contribution in [0, 0.1) is 12.3 Å². The van der Waals surface area contributed by atoms with E-state index in [1.165, 1.54) is 17.2 Å². The van der Waals surface area contributed by atoms with Gasteiger partial charge >= 0.3 is 0 Å². The van der Waals surface area contributed by atoms with Crippen molar-refractivity contribution in [3.05, 3.63) is 12.7 Å². The fraction of sp³-hybridized carbons (Fsp3) is 0.462. The molecule has 0 aromatic carbocycles. The minimum Gasteiger partial charge on any atom is -0.393 e. The summed E-state index contributed by atoms with van der Waals surface area (Å²) in [4.78, 5) is 11.9. The first kappa shape index (κ1) is 15.9. The van der Waals surface area contributed by atoms with Crippen molar-refractivity contribution in [2.24, 2.45) is 0 Å². The zero-order chi connectivity index (χ0) is 16.8. The first-order valence-electron chi connectivity index (χ1n) is 6.59. The molecule has 1 saturated heterocycles. The lowest BCUT2D eigenvalue weighted by molar-refractivity contribution is -0.115. The molecule has 0 spiro atoms. The maximum Gasteiger partial charge on any atom is 0.199 e. The number of aliphatic hydroxyl groups is 3. The quantitative estimate of drug-likeness (QED) is 0.397. The summed E-state index contributed by atoms with van der Waals surface area (Å²) in [6, 6.07) is 0. The number of fused-ring (bicyclic) bond motifs is 1. The largest absolute Gasteiger partial charge is 0.393 e. The second-order valence-corrected chi connectivity index (χ2v) is 5.55. The summed E-state index contributed by atoms with van der Waals surface area (Å²) in [6.45, 7) is -0.637. The molecule has 0 radical (unpaired) electrons. The molecule has 3 rings (SSSR count). The number of aliphatic hydroxyl groups excluding tert-OH is 2. The summed E-state index contributed by atoms with van der Waals surface area (Å²) in [5.74, 6) is 1.98. The Labute approximate surface area is 135 Å². The number of terminal acetylenes is 1. The second kappa shape index (κ2) is 5.30. The predicted molar refractivity (Wildman–Crippen MR) is 80.2 cm³/mol. The summed E-state index contributed by atoms with van der Waals surface area (Å²) in [7, 11) is 0. The van der Waals surface area contributed by atoms with Gasteiger partial charge in [-0.25, -0.2) is 15.0 Å². The zero-order valence-corrected chi connectivity index (χ0v) is 12.6. The standard InChI is InChI=1S/C13H14ClN5O4/c1-2-13(22)10(21)12(3-14,4-20)23-11(13)19-6-18-7-8(15)16-5-17-9(7)19/h1,5-6,10-11,20-22H,3-4H2,(H2,15,16,17)/t10-,11?,12-,13-/m1/s1. The highest BCUT2D eigenvalue weighted by molar-refractivity contribution is 6.18. The van der Waals surface area contributed by atoms with Crippen LogP contribution in [0.2, 0.25) is 0 Å². The van der Waals surface area contributed by atoms with Gasteiger partial charge in [0.05, 0.1) is 18.8 Å². The lowest BCUT2D eigenvalue weighted by Crippen LogP contribution is -2.53. The number of anilines is 1. The van der Waals surface area contributed by atoms with Gasteiger partial charge in [-0.2, -0.15) is 0 Å². The summed E-state index contributed by atoms with van der Waals surface area (Å²) in [5, 5.41) is 30.7. The first-order valence-corrected chi connectivity index (χ1v) is 7.13. The Morgan fingerprint density at radius 2 is 2.22 bits per heavy atom. The van der Waals surface area contributed by atoms with Crippen LogP contribution in [0.4, 0.5) is 5.82 Å². The molecular weight excluding hydrogens is 326 g/mol. The van der Waals surface area contributed by atoms with Crippen LogP contribution in [-0.4, -0.2) is 64.6 Å². The Morgan fingerprint density at radius 3 is 2.83 bits per heavy atom. The van der Waals surface area contributed by atoms with Crippen molar-refractivity contribution in [1.29, 1.82) is 0 Å². The SMILES string of the molecule is C#C[C@]1(O)C(n2cnc3c(N)ncnc32)O[C@@](CO)(CCl)[C@H]1O. The molecule has 0 amide bonds. The van der Waals surface area contributed by atoms with E-state index in [-0.39, 0.29) is 22.9 Å². The molecule has 0 saturated carbocycles. The van der Waals surface area contributed by atoms with Gasteiger partial charge in [-0.05, 0) is 0 Å². The number of aromatic nitrogens is 4. The monoisotopic (exact) mass is 339 g/mol. The van der Waals surface area contributed by atoms with Gasteiger partial charge in [-0.15, -0.1) is 18.0 Å². The van der Waals surface area contributed by atoms with Crippen molar-refractivity contribution in [1.82, 2.24) is 19.5 Å². The Morgan fingerprint density at radius 1 is 1.48 bits per heavy atom. The van der Waals surface area contributed by atoms with Crippen LogP contribution in [0.3, 0.4) is 0 Å². The molecule has 23 heavy (non-hydrogen) atoms. The number of nitrogens with two attached hydrogens (primary N) is 1. The van der Waals surface area contributed by atoms with Crippen molar-refractivity contribution in [3.8, 4) is 12.3 Å². The van der Waals surface area contributed by atoms with Crippen LogP contribution in [0.25, 0.3) is 11.2 Å². The molecule has 4 atom stereocenters. The molecule has 5 N–H and O–H groups in total. The van der Waals surface area contributed by atoms with Crippen LogP contribution in [0.5, 0.6) is 0 Å². The van der Waals surface area contributed by atoms with Gasteiger partial charge in [0.2, 0.25) is 0 Å². The minimum absolute atomic E-state index is 0.141. The highest BCUT2D eigenvalue weighted by Crippen LogP contribution is 2.45. The van der Waals surface area contributed by atoms with Crippen LogP contribution >= 0.6 is 11.6 Å². The number of nitrogens with zero attached hydrogens (tertiary/aromatic N) is 4. The molecule has 2 aromatic heterocycles. The average Bonchev–Trinajstić information content (AvgIpc) is 3.08. The molecular formula is C13H14ClN5O4. The number of nitrogen functional groups attached to an aromatic ring is 1. The Kier molecular flexibility index (Phi) is 3.66. The predicted octanol–water partition coefficient (Wildman–Crippen LogP) is -1.37. The van der Waals surface area contributed by atoms with Gasteiger partial charge in [-0.3, -0.25) is 4.57 Å². The Hall–Kier alpha value is -1.96. The highest BCUT2D eigenvalue weighted by Gasteiger charge is 2.63. The Bertz CT molecular complexity index is 786. The smallest absolute Gasteiger partial charge is 0.199 e. The van der Waals surface area contributed by atoms with Gasteiger partial charge in [0.25, 0.3) is 0 Å². The van der Waals surface area contributed by atoms with Crippen LogP contribution in [0.1, 0.15) is 6.23 Å². The summed E-state index contributed by atoms with van der Waals surface area (Å²) >= 11 is 5.82. The van der Waals surface area contributed by atoms with Gasteiger partial charge in [0.1, 0.15) is 23.5 Å². The molecule has 3 heterocycles. The molecule has 10 heteroatoms. The number of rotatable bonds is 3. The van der Waals surface area contributed by atoms with E-state index in [1.807, 2.05) is 0 Å². The maximum absolute atomic E-state index is 10.7. The third-order valence-corrected chi connectivity index (χ3v) is 4.46. The fourth-order valence-electron chi connectivity index (χ4n) is 2.64. The summed E-state index contributed by atoms with van der Waals surface area (Å²) < 4.78 is 6.98. The Balaban J connectivity index is 2.18. The lowest BCUT2D eigenvalue weighted by atomic mass is 9.88. The number of hydrogen-bond donors (Lipinski definition) is 4. The molecule has 2 aromatic rings. The number of ether oxygens (including phenoxy) is 1. The van der Waals surface area contributed by atoms with Crippen molar-refractivity contribution < 1.29 is 20.1 Å². The zero-order valence-electron chi connectivity index (χ0n) is 11.8. The van der Waals surface area contributed by atoms with Crippen molar-refractivity contribution >= 4 is 28.6 Å². The second-order valence-electron chi connectivity index (χ2n) is 5.28. The molecule has 122 valence electrons. The number of alkyl halides is 1. The van der Waals surface area contributed by atoms with Crippen molar-refractivity contribution in [3.63, 3.8) is 0 Å². The van der Waals surface area contributed by atoms with Crippen molar-refractivity contribution in [2.75, 3.05) is 18.2 Å². The molecule has 0 bridgehead atoms. The minimum atomic E-state index is -2.15. The van der Waals surface area contributed by atoms with Gasteiger partial charge in [0.15, 0.2) is 23.3 Å². The van der Waals surface area contributed by atoms with E-state index in [1.54, 1.807) is 0 Å². The summed E-state index contributed by atoms with van der Waals surface area (Å²) in [6.07, 6.45) is 5.03. The maximum atomic E-state index is 10.7. The molecule has 1 unspecified atom stereocenters. The molecule has 1 fully saturated rings. The van der Waals surface area contributed by atoms with Crippen molar-refractivity contribution in [2.45, 2.75) is 23.5 Å². The average molecular weight is 340 g/mol. The summed E-state index contributed by atoms with van der Waals surface area (Å²) in [5.41, 5.74) is 2.50.